The molecule has 3 rings (SSSR count). The highest BCUT2D eigenvalue weighted by Crippen LogP contribution is 2.28. The van der Waals surface area contributed by atoms with Gasteiger partial charge in [-0.2, -0.15) is 0 Å². The molecule has 5 nitrogen and oxygen atoms in total. The van der Waals surface area contributed by atoms with Gasteiger partial charge in [0.25, 0.3) is 5.91 Å². The molecule has 1 aliphatic rings. The van der Waals surface area contributed by atoms with Crippen molar-refractivity contribution in [1.29, 1.82) is 0 Å². The lowest BCUT2D eigenvalue weighted by atomic mass is 9.90. The first-order chi connectivity index (χ1) is 9.75. The zero-order valence-electron chi connectivity index (χ0n) is 11.5. The van der Waals surface area contributed by atoms with Gasteiger partial charge in [0.2, 0.25) is 0 Å². The monoisotopic (exact) mass is 271 g/mol. The Morgan fingerprint density at radius 1 is 1.30 bits per heavy atom. The van der Waals surface area contributed by atoms with Gasteiger partial charge in [0.05, 0.1) is 6.20 Å². The van der Waals surface area contributed by atoms with Gasteiger partial charge in [0, 0.05) is 25.5 Å². The van der Waals surface area contributed by atoms with Crippen molar-refractivity contribution in [3.05, 3.63) is 47.6 Å². The van der Waals surface area contributed by atoms with E-state index in [0.717, 1.165) is 25.9 Å². The normalized spacial score (nSPS) is 16.4. The molecule has 3 heterocycles. The first-order valence-corrected chi connectivity index (χ1v) is 6.86. The largest absolute Gasteiger partial charge is 0.361 e. The zero-order valence-corrected chi connectivity index (χ0v) is 11.5. The lowest BCUT2D eigenvalue weighted by Gasteiger charge is -2.32. The van der Waals surface area contributed by atoms with Gasteiger partial charge in [-0.25, -0.2) is 0 Å². The Morgan fingerprint density at radius 2 is 2.00 bits per heavy atom. The predicted molar refractivity (Wildman–Crippen MR) is 73.4 cm³/mol. The second kappa shape index (κ2) is 5.45. The standard InChI is InChI=1S/C15H17N3O2/c1-11-14(10-17-20-11)15(19)18-8-4-13(5-9-18)12-2-6-16-7-3-12/h2-3,6-7,10,13H,4-5,8-9H2,1H3. The molecule has 0 radical (unpaired) electrons. The third kappa shape index (κ3) is 2.43. The number of hydrogen-bond donors (Lipinski definition) is 0. The molecule has 0 saturated carbocycles. The number of nitrogens with zero attached hydrogens (tertiary/aromatic N) is 3. The number of carbonyl (C=O) groups is 1. The van der Waals surface area contributed by atoms with Gasteiger partial charge in [-0.1, -0.05) is 5.16 Å². The molecule has 0 atom stereocenters. The number of likely N-dealkylation sites (tertiary alicyclic amines) is 1. The Morgan fingerprint density at radius 3 is 2.60 bits per heavy atom. The Hall–Kier alpha value is -2.17. The zero-order chi connectivity index (χ0) is 13.9. The van der Waals surface area contributed by atoms with Crippen LogP contribution in [0.1, 0.15) is 40.4 Å². The van der Waals surface area contributed by atoms with Crippen LogP contribution < -0.4 is 0 Å². The highest BCUT2D eigenvalue weighted by molar-refractivity contribution is 5.94. The summed E-state index contributed by atoms with van der Waals surface area (Å²) in [5, 5.41) is 3.67. The average Bonchev–Trinajstić information content (AvgIpc) is 2.94. The third-order valence-electron chi connectivity index (χ3n) is 3.94. The van der Waals surface area contributed by atoms with Gasteiger partial charge in [-0.05, 0) is 43.4 Å². The van der Waals surface area contributed by atoms with Gasteiger partial charge in [0.1, 0.15) is 11.3 Å². The van der Waals surface area contributed by atoms with Crippen molar-refractivity contribution in [3.8, 4) is 0 Å². The maximum Gasteiger partial charge on any atom is 0.259 e. The minimum absolute atomic E-state index is 0.0249. The van der Waals surface area contributed by atoms with Crippen molar-refractivity contribution in [2.24, 2.45) is 0 Å². The molecule has 0 unspecified atom stereocenters. The van der Waals surface area contributed by atoms with E-state index in [0.29, 0.717) is 17.2 Å². The van der Waals surface area contributed by atoms with E-state index in [2.05, 4.69) is 22.3 Å². The summed E-state index contributed by atoms with van der Waals surface area (Å²) in [6.45, 7) is 3.32. The summed E-state index contributed by atoms with van der Waals surface area (Å²) in [6.07, 6.45) is 7.13. The second-order valence-corrected chi connectivity index (χ2v) is 5.14. The van der Waals surface area contributed by atoms with Crippen LogP contribution in [0.15, 0.2) is 35.2 Å². The molecule has 1 aliphatic heterocycles. The van der Waals surface area contributed by atoms with Gasteiger partial charge in [-0.3, -0.25) is 9.78 Å². The minimum atomic E-state index is 0.0249. The summed E-state index contributed by atoms with van der Waals surface area (Å²) in [6, 6.07) is 4.12. The first-order valence-electron chi connectivity index (χ1n) is 6.86. The van der Waals surface area contributed by atoms with Gasteiger partial charge < -0.3 is 9.42 Å². The fourth-order valence-corrected chi connectivity index (χ4v) is 2.73. The van der Waals surface area contributed by atoms with Crippen LogP contribution in [-0.2, 0) is 0 Å². The maximum atomic E-state index is 12.3. The van der Waals surface area contributed by atoms with E-state index >= 15 is 0 Å². The highest BCUT2D eigenvalue weighted by atomic mass is 16.5. The summed E-state index contributed by atoms with van der Waals surface area (Å²) >= 11 is 0. The summed E-state index contributed by atoms with van der Waals surface area (Å²) in [5.74, 6) is 1.13. The molecule has 0 spiro atoms. The number of carbonyl (C=O) groups excluding carboxylic acids is 1. The average molecular weight is 271 g/mol. The van der Waals surface area contributed by atoms with Gasteiger partial charge in [-0.15, -0.1) is 0 Å². The molecule has 1 saturated heterocycles. The van der Waals surface area contributed by atoms with Crippen LogP contribution in [-0.4, -0.2) is 34.0 Å². The number of rotatable bonds is 2. The molecule has 104 valence electrons. The smallest absolute Gasteiger partial charge is 0.259 e. The van der Waals surface area contributed by atoms with E-state index in [-0.39, 0.29) is 5.91 Å². The maximum absolute atomic E-state index is 12.3. The van der Waals surface area contributed by atoms with E-state index < -0.39 is 0 Å². The summed E-state index contributed by atoms with van der Waals surface area (Å²) in [5.41, 5.74) is 1.89. The fraction of sp³-hybridized carbons (Fsp3) is 0.400. The topological polar surface area (TPSA) is 59.2 Å². The van der Waals surface area contributed by atoms with Crippen molar-refractivity contribution in [1.82, 2.24) is 15.0 Å². The quantitative estimate of drug-likeness (QED) is 0.841. The number of pyridine rings is 1. The molecule has 2 aromatic heterocycles. The van der Waals surface area contributed by atoms with E-state index in [4.69, 9.17) is 4.52 Å². The molecule has 0 N–H and O–H groups in total. The Labute approximate surface area is 117 Å². The van der Waals surface area contributed by atoms with Crippen molar-refractivity contribution in [3.63, 3.8) is 0 Å². The predicted octanol–water partition coefficient (Wildman–Crippen LogP) is 2.40. The van der Waals surface area contributed by atoms with Crippen LogP contribution in [0.2, 0.25) is 0 Å². The van der Waals surface area contributed by atoms with Crippen molar-refractivity contribution in [2.45, 2.75) is 25.7 Å². The van der Waals surface area contributed by atoms with Crippen LogP contribution in [0.3, 0.4) is 0 Å². The van der Waals surface area contributed by atoms with E-state index in [1.807, 2.05) is 17.3 Å². The fourth-order valence-electron chi connectivity index (χ4n) is 2.73. The SMILES string of the molecule is Cc1oncc1C(=O)N1CCC(c2ccncc2)CC1. The van der Waals surface area contributed by atoms with Crippen LogP contribution >= 0.6 is 0 Å². The molecule has 0 aliphatic carbocycles. The van der Waals surface area contributed by atoms with Crippen LogP contribution in [0, 0.1) is 6.92 Å². The van der Waals surface area contributed by atoms with Crippen LogP contribution in [0.25, 0.3) is 0 Å². The van der Waals surface area contributed by atoms with E-state index in [1.165, 1.54) is 11.8 Å². The number of aryl methyl sites for hydroxylation is 1. The van der Waals surface area contributed by atoms with Crippen LogP contribution in [0.5, 0.6) is 0 Å². The van der Waals surface area contributed by atoms with Crippen molar-refractivity contribution >= 4 is 5.91 Å². The highest BCUT2D eigenvalue weighted by Gasteiger charge is 2.26. The number of amides is 1. The van der Waals surface area contributed by atoms with Crippen molar-refractivity contribution in [2.75, 3.05) is 13.1 Å². The molecule has 2 aromatic rings. The summed E-state index contributed by atoms with van der Waals surface area (Å²) in [7, 11) is 0. The molecular formula is C15H17N3O2. The minimum Gasteiger partial charge on any atom is -0.361 e. The third-order valence-corrected chi connectivity index (χ3v) is 3.94. The lowest BCUT2D eigenvalue weighted by molar-refractivity contribution is 0.0711. The Bertz CT molecular complexity index is 586. The van der Waals surface area contributed by atoms with E-state index in [1.54, 1.807) is 6.92 Å². The van der Waals surface area contributed by atoms with Crippen LogP contribution in [0.4, 0.5) is 0 Å². The number of hydrogen-bond acceptors (Lipinski definition) is 4. The Kier molecular flexibility index (Phi) is 3.50. The molecule has 20 heavy (non-hydrogen) atoms. The Balaban J connectivity index is 1.64. The molecule has 0 bridgehead atoms. The summed E-state index contributed by atoms with van der Waals surface area (Å²) in [4.78, 5) is 18.3. The molecule has 1 amide bonds. The molecular weight excluding hydrogens is 254 g/mol. The number of piperidine rings is 1. The number of aromatic nitrogens is 2. The second-order valence-electron chi connectivity index (χ2n) is 5.14. The lowest BCUT2D eigenvalue weighted by Crippen LogP contribution is -2.38. The van der Waals surface area contributed by atoms with Gasteiger partial charge >= 0.3 is 0 Å². The van der Waals surface area contributed by atoms with Gasteiger partial charge in [0.15, 0.2) is 0 Å². The molecule has 5 heteroatoms. The van der Waals surface area contributed by atoms with E-state index in [9.17, 15) is 4.79 Å². The molecule has 1 fully saturated rings. The van der Waals surface area contributed by atoms with Crippen molar-refractivity contribution < 1.29 is 9.32 Å². The molecule has 0 aromatic carbocycles. The first kappa shape index (κ1) is 12.8. The summed E-state index contributed by atoms with van der Waals surface area (Å²) < 4.78 is 4.96.